The van der Waals surface area contributed by atoms with Crippen LogP contribution in [0.5, 0.6) is 11.5 Å². The van der Waals surface area contributed by atoms with E-state index in [0.29, 0.717) is 30.3 Å². The van der Waals surface area contributed by atoms with Gasteiger partial charge in [0.25, 0.3) is 5.91 Å². The minimum absolute atomic E-state index is 0.0389. The molecule has 2 N–H and O–H groups in total. The monoisotopic (exact) mass is 367 g/mol. The predicted molar refractivity (Wildman–Crippen MR) is 102 cm³/mol. The number of ether oxygens (including phenoxy) is 2. The molecule has 27 heavy (non-hydrogen) atoms. The zero-order valence-electron chi connectivity index (χ0n) is 15.0. The first kappa shape index (κ1) is 17.2. The van der Waals surface area contributed by atoms with E-state index >= 15 is 0 Å². The third-order valence-electron chi connectivity index (χ3n) is 4.69. The van der Waals surface area contributed by atoms with Gasteiger partial charge in [-0.25, -0.2) is 4.79 Å². The van der Waals surface area contributed by atoms with Crippen molar-refractivity contribution in [3.63, 3.8) is 0 Å². The molecular weight excluding hydrogens is 346 g/mol. The molecule has 7 nitrogen and oxygen atoms in total. The molecule has 0 saturated heterocycles. The van der Waals surface area contributed by atoms with Crippen LogP contribution in [0.2, 0.25) is 0 Å². The fraction of sp³-hybridized carbons (Fsp3) is 0.300. The SMILES string of the molecule is CCN1C(=O)COc2ccc(NC(=O)NC3COc4ccccc4C3)cc21. The summed E-state index contributed by atoms with van der Waals surface area (Å²) in [5.74, 6) is 1.42. The Kier molecular flexibility index (Phi) is 4.58. The van der Waals surface area contributed by atoms with Crippen molar-refractivity contribution in [2.45, 2.75) is 19.4 Å². The fourth-order valence-corrected chi connectivity index (χ4v) is 3.40. The molecule has 3 amide bonds. The van der Waals surface area contributed by atoms with Crippen LogP contribution in [0.15, 0.2) is 42.5 Å². The molecule has 0 aliphatic carbocycles. The highest BCUT2D eigenvalue weighted by molar-refractivity contribution is 5.99. The Morgan fingerprint density at radius 2 is 2.04 bits per heavy atom. The Bertz CT molecular complexity index is 883. The fourth-order valence-electron chi connectivity index (χ4n) is 3.40. The minimum atomic E-state index is -0.311. The second-order valence-corrected chi connectivity index (χ2v) is 6.53. The van der Waals surface area contributed by atoms with Crippen molar-refractivity contribution in [2.24, 2.45) is 0 Å². The van der Waals surface area contributed by atoms with Gasteiger partial charge < -0.3 is 25.0 Å². The lowest BCUT2D eigenvalue weighted by molar-refractivity contribution is -0.121. The van der Waals surface area contributed by atoms with Gasteiger partial charge in [0.05, 0.1) is 11.7 Å². The summed E-state index contributed by atoms with van der Waals surface area (Å²) in [5, 5.41) is 5.76. The third kappa shape index (κ3) is 3.53. The Hall–Kier alpha value is -3.22. The normalized spacial score (nSPS) is 17.9. The van der Waals surface area contributed by atoms with Crippen molar-refractivity contribution < 1.29 is 19.1 Å². The van der Waals surface area contributed by atoms with Gasteiger partial charge in [0.1, 0.15) is 18.1 Å². The number of urea groups is 1. The number of fused-ring (bicyclic) bond motifs is 2. The molecule has 4 rings (SSSR count). The Labute approximate surface area is 157 Å². The molecule has 2 aromatic carbocycles. The van der Waals surface area contributed by atoms with E-state index in [1.165, 1.54) is 0 Å². The molecule has 0 spiro atoms. The number of anilines is 2. The summed E-state index contributed by atoms with van der Waals surface area (Å²) in [6.07, 6.45) is 0.722. The highest BCUT2D eigenvalue weighted by Gasteiger charge is 2.25. The van der Waals surface area contributed by atoms with Crippen LogP contribution in [0.1, 0.15) is 12.5 Å². The van der Waals surface area contributed by atoms with Crippen molar-refractivity contribution >= 4 is 23.3 Å². The van der Waals surface area contributed by atoms with E-state index in [9.17, 15) is 9.59 Å². The van der Waals surface area contributed by atoms with Crippen LogP contribution < -0.4 is 25.0 Å². The minimum Gasteiger partial charge on any atom is -0.491 e. The third-order valence-corrected chi connectivity index (χ3v) is 4.69. The number of benzene rings is 2. The van der Waals surface area contributed by atoms with Crippen molar-refractivity contribution in [1.82, 2.24) is 5.32 Å². The van der Waals surface area contributed by atoms with E-state index in [1.807, 2.05) is 31.2 Å². The van der Waals surface area contributed by atoms with Gasteiger partial charge in [-0.3, -0.25) is 4.79 Å². The van der Waals surface area contributed by atoms with Gasteiger partial charge in [0.15, 0.2) is 6.61 Å². The van der Waals surface area contributed by atoms with E-state index < -0.39 is 0 Å². The Balaban J connectivity index is 1.42. The van der Waals surface area contributed by atoms with E-state index in [2.05, 4.69) is 10.6 Å². The molecule has 7 heteroatoms. The summed E-state index contributed by atoms with van der Waals surface area (Å²) in [5.41, 5.74) is 2.35. The largest absolute Gasteiger partial charge is 0.491 e. The smallest absolute Gasteiger partial charge is 0.319 e. The molecular formula is C20H21N3O4. The van der Waals surface area contributed by atoms with Crippen LogP contribution in [-0.4, -0.2) is 37.7 Å². The van der Waals surface area contributed by atoms with E-state index in [1.54, 1.807) is 23.1 Å². The quantitative estimate of drug-likeness (QED) is 0.874. The molecule has 0 saturated carbocycles. The molecule has 2 aliphatic heterocycles. The first-order valence-corrected chi connectivity index (χ1v) is 8.99. The van der Waals surface area contributed by atoms with Crippen molar-refractivity contribution in [1.29, 1.82) is 0 Å². The van der Waals surface area contributed by atoms with Gasteiger partial charge in [-0.1, -0.05) is 18.2 Å². The number of para-hydroxylation sites is 1. The maximum Gasteiger partial charge on any atom is 0.319 e. The number of nitrogens with zero attached hydrogens (tertiary/aromatic N) is 1. The van der Waals surface area contributed by atoms with Gasteiger partial charge in [-0.2, -0.15) is 0 Å². The maximum atomic E-state index is 12.4. The molecule has 140 valence electrons. The van der Waals surface area contributed by atoms with Crippen molar-refractivity contribution in [2.75, 3.05) is 30.0 Å². The molecule has 2 heterocycles. The van der Waals surface area contributed by atoms with Crippen LogP contribution >= 0.6 is 0 Å². The van der Waals surface area contributed by atoms with Crippen LogP contribution in [0.25, 0.3) is 0 Å². The summed E-state index contributed by atoms with van der Waals surface area (Å²) >= 11 is 0. The number of amides is 3. The van der Waals surface area contributed by atoms with Crippen molar-refractivity contribution in [3.05, 3.63) is 48.0 Å². The van der Waals surface area contributed by atoms with Crippen LogP contribution in [-0.2, 0) is 11.2 Å². The average Bonchev–Trinajstić information content (AvgIpc) is 2.67. The number of carbonyl (C=O) groups excluding carboxylic acids is 2. The number of hydrogen-bond acceptors (Lipinski definition) is 4. The summed E-state index contributed by atoms with van der Waals surface area (Å²) in [4.78, 5) is 26.0. The summed E-state index contributed by atoms with van der Waals surface area (Å²) in [7, 11) is 0. The zero-order valence-corrected chi connectivity index (χ0v) is 15.0. The van der Waals surface area contributed by atoms with Gasteiger partial charge in [-0.15, -0.1) is 0 Å². The number of hydrogen-bond donors (Lipinski definition) is 2. The van der Waals surface area contributed by atoms with Crippen LogP contribution in [0.3, 0.4) is 0 Å². The topological polar surface area (TPSA) is 79.9 Å². The summed E-state index contributed by atoms with van der Waals surface area (Å²) in [6.45, 7) is 2.92. The van der Waals surface area contributed by atoms with Gasteiger partial charge in [0, 0.05) is 12.2 Å². The van der Waals surface area contributed by atoms with Gasteiger partial charge in [0.2, 0.25) is 0 Å². The lowest BCUT2D eigenvalue weighted by atomic mass is 10.0. The average molecular weight is 367 g/mol. The molecule has 1 unspecified atom stereocenters. The van der Waals surface area contributed by atoms with Gasteiger partial charge >= 0.3 is 6.03 Å². The second-order valence-electron chi connectivity index (χ2n) is 6.53. The van der Waals surface area contributed by atoms with E-state index in [-0.39, 0.29) is 24.6 Å². The van der Waals surface area contributed by atoms with Crippen LogP contribution in [0.4, 0.5) is 16.2 Å². The number of nitrogens with one attached hydrogen (secondary N) is 2. The van der Waals surface area contributed by atoms with Crippen molar-refractivity contribution in [3.8, 4) is 11.5 Å². The first-order valence-electron chi connectivity index (χ1n) is 8.99. The Morgan fingerprint density at radius 1 is 1.19 bits per heavy atom. The highest BCUT2D eigenvalue weighted by atomic mass is 16.5. The number of likely N-dealkylation sites (N-methyl/N-ethyl adjacent to an activating group) is 1. The van der Waals surface area contributed by atoms with E-state index in [4.69, 9.17) is 9.47 Å². The van der Waals surface area contributed by atoms with Gasteiger partial charge in [-0.05, 0) is 43.2 Å². The number of rotatable bonds is 3. The molecule has 0 fully saturated rings. The summed E-state index contributed by atoms with van der Waals surface area (Å²) in [6, 6.07) is 12.7. The Morgan fingerprint density at radius 3 is 2.89 bits per heavy atom. The van der Waals surface area contributed by atoms with E-state index in [0.717, 1.165) is 17.7 Å². The zero-order chi connectivity index (χ0) is 18.8. The maximum absolute atomic E-state index is 12.4. The lowest BCUT2D eigenvalue weighted by Gasteiger charge is -2.29. The number of carbonyl (C=O) groups is 2. The molecule has 0 aromatic heterocycles. The summed E-state index contributed by atoms with van der Waals surface area (Å²) < 4.78 is 11.1. The molecule has 0 bridgehead atoms. The second kappa shape index (κ2) is 7.19. The molecule has 2 aliphatic rings. The predicted octanol–water partition coefficient (Wildman–Crippen LogP) is 2.56. The first-order chi connectivity index (χ1) is 13.1. The molecule has 0 radical (unpaired) electrons. The standard InChI is InChI=1S/C20H21N3O4/c1-2-23-16-10-14(7-8-18(16)27-12-19(23)24)21-20(25)22-15-9-13-5-3-4-6-17(13)26-11-15/h3-8,10,15H,2,9,11-12H2,1H3,(H2,21,22,25). The highest BCUT2D eigenvalue weighted by Crippen LogP contribution is 2.34. The lowest BCUT2D eigenvalue weighted by Crippen LogP contribution is -2.44. The molecule has 2 aromatic rings. The molecule has 1 atom stereocenters. The van der Waals surface area contributed by atoms with Crippen LogP contribution in [0, 0.1) is 0 Å².